The lowest BCUT2D eigenvalue weighted by atomic mass is 10.1. The molecule has 0 aromatic heterocycles. The number of primary amides is 1. The molecule has 4 N–H and O–H groups in total. The van der Waals surface area contributed by atoms with Gasteiger partial charge in [-0.1, -0.05) is 42.0 Å². The lowest BCUT2D eigenvalue weighted by Crippen LogP contribution is -2.28. The maximum atomic E-state index is 12.2. The summed E-state index contributed by atoms with van der Waals surface area (Å²) >= 11 is 0. The summed E-state index contributed by atoms with van der Waals surface area (Å²) in [5, 5.41) is 5.98. The van der Waals surface area contributed by atoms with E-state index in [0.29, 0.717) is 12.1 Å². The van der Waals surface area contributed by atoms with Gasteiger partial charge >= 0.3 is 0 Å². The third-order valence-electron chi connectivity index (χ3n) is 3.39. The molecule has 0 atom stereocenters. The van der Waals surface area contributed by atoms with Crippen molar-refractivity contribution in [2.45, 2.75) is 19.9 Å². The Kier molecular flexibility index (Phi) is 5.74. The second-order valence-electron chi connectivity index (χ2n) is 5.36. The zero-order chi connectivity index (χ0) is 16.7. The van der Waals surface area contributed by atoms with Gasteiger partial charge in [0.25, 0.3) is 5.91 Å². The van der Waals surface area contributed by atoms with Crippen LogP contribution in [-0.4, -0.2) is 18.4 Å². The number of rotatable bonds is 7. The monoisotopic (exact) mass is 311 g/mol. The number of anilines is 1. The minimum atomic E-state index is -0.434. The zero-order valence-electron chi connectivity index (χ0n) is 13.1. The Labute approximate surface area is 135 Å². The van der Waals surface area contributed by atoms with E-state index in [0.717, 1.165) is 11.3 Å². The van der Waals surface area contributed by atoms with Crippen LogP contribution >= 0.6 is 0 Å². The van der Waals surface area contributed by atoms with Crippen LogP contribution in [0.4, 0.5) is 5.69 Å². The fourth-order valence-corrected chi connectivity index (χ4v) is 2.25. The highest BCUT2D eigenvalue weighted by molar-refractivity contribution is 5.99. The van der Waals surface area contributed by atoms with Gasteiger partial charge < -0.3 is 16.4 Å². The number of amides is 2. The maximum Gasteiger partial charge on any atom is 0.253 e. The molecule has 2 amide bonds. The number of nitrogens with one attached hydrogen (secondary N) is 2. The van der Waals surface area contributed by atoms with Gasteiger partial charge in [-0.05, 0) is 24.6 Å². The third kappa shape index (κ3) is 5.14. The summed E-state index contributed by atoms with van der Waals surface area (Å²) in [6.45, 7) is 2.91. The highest BCUT2D eigenvalue weighted by Gasteiger charge is 2.10. The third-order valence-corrected chi connectivity index (χ3v) is 3.39. The molecule has 0 unspecified atom stereocenters. The quantitative estimate of drug-likeness (QED) is 0.733. The van der Waals surface area contributed by atoms with Crippen LogP contribution in [0.25, 0.3) is 0 Å². The van der Waals surface area contributed by atoms with Gasteiger partial charge in [0, 0.05) is 25.2 Å². The molecule has 5 nitrogen and oxygen atoms in total. The van der Waals surface area contributed by atoms with E-state index >= 15 is 0 Å². The van der Waals surface area contributed by atoms with Crippen LogP contribution in [0.15, 0.2) is 48.5 Å². The number of carbonyl (C=O) groups is 2. The van der Waals surface area contributed by atoms with Crippen LogP contribution in [0, 0.1) is 6.92 Å². The minimum absolute atomic E-state index is 0.130. The summed E-state index contributed by atoms with van der Waals surface area (Å²) in [5.74, 6) is -0.658. The molecular weight excluding hydrogens is 290 g/mol. The Hall–Kier alpha value is -2.82. The topological polar surface area (TPSA) is 84.2 Å². The van der Waals surface area contributed by atoms with Crippen LogP contribution in [0.1, 0.15) is 27.9 Å². The van der Waals surface area contributed by atoms with E-state index in [1.54, 1.807) is 12.1 Å². The van der Waals surface area contributed by atoms with E-state index in [1.807, 2.05) is 37.3 Å². The van der Waals surface area contributed by atoms with E-state index in [4.69, 9.17) is 5.73 Å². The van der Waals surface area contributed by atoms with E-state index < -0.39 is 5.91 Å². The molecule has 0 radical (unpaired) electrons. The molecule has 2 aromatic rings. The Morgan fingerprint density at radius 3 is 2.61 bits per heavy atom. The average molecular weight is 311 g/mol. The number of benzene rings is 2. The molecule has 0 saturated carbocycles. The van der Waals surface area contributed by atoms with Crippen molar-refractivity contribution in [2.24, 2.45) is 5.73 Å². The van der Waals surface area contributed by atoms with Gasteiger partial charge in [0.05, 0.1) is 5.56 Å². The van der Waals surface area contributed by atoms with Gasteiger partial charge in [-0.2, -0.15) is 0 Å². The van der Waals surface area contributed by atoms with Crippen LogP contribution in [0.3, 0.4) is 0 Å². The highest BCUT2D eigenvalue weighted by atomic mass is 16.2. The van der Waals surface area contributed by atoms with Crippen LogP contribution in [0.5, 0.6) is 0 Å². The molecule has 0 aliphatic rings. The molecule has 0 bridgehead atoms. The van der Waals surface area contributed by atoms with E-state index in [1.165, 1.54) is 5.56 Å². The van der Waals surface area contributed by atoms with Gasteiger partial charge in [0.15, 0.2) is 0 Å². The molecule has 0 spiro atoms. The number of aryl methyl sites for hydroxylation is 1. The van der Waals surface area contributed by atoms with Crippen molar-refractivity contribution in [1.82, 2.24) is 5.32 Å². The van der Waals surface area contributed by atoms with Crippen molar-refractivity contribution < 1.29 is 9.59 Å². The number of hydrogen-bond donors (Lipinski definition) is 3. The second kappa shape index (κ2) is 7.98. The number of hydrogen-bond acceptors (Lipinski definition) is 3. The van der Waals surface area contributed by atoms with Gasteiger partial charge in [-0.25, -0.2) is 0 Å². The normalized spacial score (nSPS) is 10.1. The Bertz CT molecular complexity index is 698. The van der Waals surface area contributed by atoms with Crippen molar-refractivity contribution in [2.75, 3.05) is 11.9 Å². The first-order chi connectivity index (χ1) is 11.1. The van der Waals surface area contributed by atoms with Crippen LogP contribution < -0.4 is 16.4 Å². The summed E-state index contributed by atoms with van der Waals surface area (Å²) in [7, 11) is 0. The molecule has 2 aromatic carbocycles. The van der Waals surface area contributed by atoms with Crippen molar-refractivity contribution in [3.8, 4) is 0 Å². The molecule has 0 saturated heterocycles. The average Bonchev–Trinajstić information content (AvgIpc) is 2.53. The molecule has 5 heteroatoms. The number of nitrogens with two attached hydrogens (primary N) is 1. The molecular formula is C18H21N3O2. The van der Waals surface area contributed by atoms with Gasteiger partial charge in [-0.3, -0.25) is 9.59 Å². The molecule has 2 rings (SSSR count). The summed E-state index contributed by atoms with van der Waals surface area (Å²) in [6.07, 6.45) is 0.130. The number of para-hydroxylation sites is 1. The molecule has 0 heterocycles. The second-order valence-corrected chi connectivity index (χ2v) is 5.36. The van der Waals surface area contributed by atoms with Gasteiger partial charge in [0.1, 0.15) is 0 Å². The first-order valence-corrected chi connectivity index (χ1v) is 7.51. The Morgan fingerprint density at radius 2 is 1.87 bits per heavy atom. The number of carbonyl (C=O) groups excluding carboxylic acids is 2. The first-order valence-electron chi connectivity index (χ1n) is 7.51. The Morgan fingerprint density at radius 1 is 1.09 bits per heavy atom. The van der Waals surface area contributed by atoms with Crippen molar-refractivity contribution in [3.63, 3.8) is 0 Å². The fourth-order valence-electron chi connectivity index (χ4n) is 2.25. The van der Waals surface area contributed by atoms with E-state index in [2.05, 4.69) is 16.7 Å². The van der Waals surface area contributed by atoms with Crippen LogP contribution in [0.2, 0.25) is 0 Å². The molecule has 23 heavy (non-hydrogen) atoms. The minimum Gasteiger partial charge on any atom is -0.380 e. The standard InChI is InChI=1S/C18H21N3O2/c1-13-5-4-6-14(11-13)12-21-16-8-3-2-7-15(16)18(23)20-10-9-17(19)22/h2-8,11,21H,9-10,12H2,1H3,(H2,19,22)(H,20,23). The van der Waals surface area contributed by atoms with Crippen molar-refractivity contribution in [3.05, 3.63) is 65.2 Å². The predicted molar refractivity (Wildman–Crippen MR) is 91.1 cm³/mol. The first kappa shape index (κ1) is 16.5. The Balaban J connectivity index is 2.02. The predicted octanol–water partition coefficient (Wildman–Crippen LogP) is 2.21. The largest absolute Gasteiger partial charge is 0.380 e. The lowest BCUT2D eigenvalue weighted by molar-refractivity contribution is -0.117. The van der Waals surface area contributed by atoms with Gasteiger partial charge in [0.2, 0.25) is 5.91 Å². The maximum absolute atomic E-state index is 12.2. The highest BCUT2D eigenvalue weighted by Crippen LogP contribution is 2.16. The smallest absolute Gasteiger partial charge is 0.253 e. The zero-order valence-corrected chi connectivity index (χ0v) is 13.1. The van der Waals surface area contributed by atoms with Crippen molar-refractivity contribution in [1.29, 1.82) is 0 Å². The molecule has 0 fully saturated rings. The van der Waals surface area contributed by atoms with Crippen LogP contribution in [-0.2, 0) is 11.3 Å². The summed E-state index contributed by atoms with van der Waals surface area (Å²) < 4.78 is 0. The fraction of sp³-hybridized carbons (Fsp3) is 0.222. The summed E-state index contributed by atoms with van der Waals surface area (Å²) in [4.78, 5) is 22.9. The SMILES string of the molecule is Cc1cccc(CNc2ccccc2C(=O)NCCC(N)=O)c1. The van der Waals surface area contributed by atoms with E-state index in [-0.39, 0.29) is 18.9 Å². The summed E-state index contributed by atoms with van der Waals surface area (Å²) in [5.41, 5.74) is 8.71. The molecule has 0 aliphatic carbocycles. The van der Waals surface area contributed by atoms with E-state index in [9.17, 15) is 9.59 Å². The molecule has 0 aliphatic heterocycles. The van der Waals surface area contributed by atoms with Crippen molar-refractivity contribution >= 4 is 17.5 Å². The molecule has 120 valence electrons. The van der Waals surface area contributed by atoms with Gasteiger partial charge in [-0.15, -0.1) is 0 Å². The summed E-state index contributed by atoms with van der Waals surface area (Å²) in [6, 6.07) is 15.5. The lowest BCUT2D eigenvalue weighted by Gasteiger charge is -2.12.